The monoisotopic (exact) mass is 403 g/mol. The zero-order valence-corrected chi connectivity index (χ0v) is 16.9. The lowest BCUT2D eigenvalue weighted by Crippen LogP contribution is -2.38. The predicted molar refractivity (Wildman–Crippen MR) is 109 cm³/mol. The van der Waals surface area contributed by atoms with Crippen molar-refractivity contribution in [1.82, 2.24) is 18.7 Å². The van der Waals surface area contributed by atoms with Crippen molar-refractivity contribution in [3.8, 4) is 11.5 Å². The van der Waals surface area contributed by atoms with Crippen LogP contribution in [0.2, 0.25) is 0 Å². The normalized spacial score (nSPS) is 12.2. The molecule has 1 atom stereocenters. The first-order chi connectivity index (χ1) is 13.9. The van der Waals surface area contributed by atoms with Gasteiger partial charge in [-0.2, -0.15) is 4.98 Å². The summed E-state index contributed by atoms with van der Waals surface area (Å²) in [5.74, 6) is 1.70. The van der Waals surface area contributed by atoms with Crippen LogP contribution in [0.1, 0.15) is 6.92 Å². The van der Waals surface area contributed by atoms with E-state index >= 15 is 0 Å². The van der Waals surface area contributed by atoms with E-state index in [9.17, 15) is 14.7 Å². The molecule has 0 aliphatic rings. The van der Waals surface area contributed by atoms with Crippen LogP contribution in [-0.4, -0.2) is 50.2 Å². The van der Waals surface area contributed by atoms with Crippen molar-refractivity contribution in [2.45, 2.75) is 19.6 Å². The predicted octanol–water partition coefficient (Wildman–Crippen LogP) is 0.314. The van der Waals surface area contributed by atoms with Gasteiger partial charge < -0.3 is 24.5 Å². The van der Waals surface area contributed by atoms with Gasteiger partial charge in [-0.25, -0.2) is 4.79 Å². The highest BCUT2D eigenvalue weighted by molar-refractivity contribution is 5.74. The lowest BCUT2D eigenvalue weighted by molar-refractivity contribution is 0.0938. The van der Waals surface area contributed by atoms with Crippen molar-refractivity contribution in [3.05, 3.63) is 45.1 Å². The molecule has 2 heterocycles. The second-order valence-corrected chi connectivity index (χ2v) is 6.59. The van der Waals surface area contributed by atoms with Gasteiger partial charge in [0.2, 0.25) is 5.95 Å². The number of nitrogens with one attached hydrogen (secondary N) is 1. The summed E-state index contributed by atoms with van der Waals surface area (Å²) >= 11 is 0. The summed E-state index contributed by atoms with van der Waals surface area (Å²) in [5.41, 5.74) is -0.423. The summed E-state index contributed by atoms with van der Waals surface area (Å²) in [6.45, 7) is 2.55. The zero-order valence-electron chi connectivity index (χ0n) is 16.9. The number of rotatable bonds is 8. The van der Waals surface area contributed by atoms with Crippen molar-refractivity contribution in [3.63, 3.8) is 0 Å². The van der Waals surface area contributed by atoms with E-state index in [-0.39, 0.29) is 24.3 Å². The number of aliphatic hydroxyl groups is 1. The molecule has 0 amide bonds. The van der Waals surface area contributed by atoms with Crippen molar-refractivity contribution < 1.29 is 14.6 Å². The van der Waals surface area contributed by atoms with Crippen molar-refractivity contribution in [2.24, 2.45) is 14.1 Å². The first kappa shape index (κ1) is 20.5. The van der Waals surface area contributed by atoms with E-state index in [1.54, 1.807) is 43.0 Å². The Morgan fingerprint density at radius 2 is 1.79 bits per heavy atom. The Hall–Kier alpha value is -3.27. The number of methoxy groups -OCH3 is 1. The van der Waals surface area contributed by atoms with E-state index in [2.05, 4.69) is 10.3 Å². The highest BCUT2D eigenvalue weighted by Gasteiger charge is 2.21. The van der Waals surface area contributed by atoms with E-state index in [1.807, 2.05) is 6.92 Å². The van der Waals surface area contributed by atoms with Crippen LogP contribution in [0.5, 0.6) is 11.5 Å². The van der Waals surface area contributed by atoms with Crippen LogP contribution in [0.15, 0.2) is 33.9 Å². The Balaban J connectivity index is 1.88. The van der Waals surface area contributed by atoms with Gasteiger partial charge in [0.1, 0.15) is 24.2 Å². The number of hydrogen-bond donors (Lipinski definition) is 2. The lowest BCUT2D eigenvalue weighted by Gasteiger charge is -2.16. The molecule has 0 aliphatic heterocycles. The van der Waals surface area contributed by atoms with Gasteiger partial charge in [-0.1, -0.05) is 0 Å². The van der Waals surface area contributed by atoms with Crippen LogP contribution < -0.4 is 26.0 Å². The Morgan fingerprint density at radius 1 is 1.14 bits per heavy atom. The number of ether oxygens (including phenoxy) is 2. The fourth-order valence-electron chi connectivity index (χ4n) is 3.05. The van der Waals surface area contributed by atoms with E-state index in [1.165, 1.54) is 11.6 Å². The molecular weight excluding hydrogens is 378 g/mol. The van der Waals surface area contributed by atoms with E-state index < -0.39 is 17.4 Å². The molecule has 2 N–H and O–H groups in total. The summed E-state index contributed by atoms with van der Waals surface area (Å²) in [4.78, 5) is 29.3. The number of nitrogens with zero attached hydrogens (tertiary/aromatic N) is 4. The van der Waals surface area contributed by atoms with Crippen LogP contribution in [0.4, 0.5) is 5.95 Å². The molecule has 10 heteroatoms. The van der Waals surface area contributed by atoms with E-state index in [0.29, 0.717) is 24.0 Å². The van der Waals surface area contributed by atoms with E-state index in [4.69, 9.17) is 9.47 Å². The van der Waals surface area contributed by atoms with Gasteiger partial charge in [-0.15, -0.1) is 0 Å². The molecule has 0 spiro atoms. The number of benzene rings is 1. The van der Waals surface area contributed by atoms with E-state index in [0.717, 1.165) is 4.57 Å². The van der Waals surface area contributed by atoms with Crippen molar-refractivity contribution in [2.75, 3.05) is 25.6 Å². The SMILES string of the molecule is CCNc1nc2c(c(=O)n(C)c(=O)n2C)n1C[C@@H](O)COc1ccc(OC)cc1. The molecule has 2 aromatic heterocycles. The topological polar surface area (TPSA) is 113 Å². The standard InChI is InChI=1S/C19H25N5O5/c1-5-20-18-21-16-15(17(26)23(3)19(27)22(16)2)24(18)10-12(25)11-29-14-8-6-13(28-4)7-9-14/h6-9,12,25H,5,10-11H2,1-4H3,(H,20,21)/t12-/m1/s1. The Morgan fingerprint density at radius 3 is 2.41 bits per heavy atom. The lowest BCUT2D eigenvalue weighted by atomic mass is 10.3. The van der Waals surface area contributed by atoms with Crippen LogP contribution in [0.25, 0.3) is 11.2 Å². The average Bonchev–Trinajstić information content (AvgIpc) is 3.08. The van der Waals surface area contributed by atoms with Gasteiger partial charge in [0, 0.05) is 20.6 Å². The third-order valence-electron chi connectivity index (χ3n) is 4.58. The Bertz CT molecular complexity index is 1110. The first-order valence-electron chi connectivity index (χ1n) is 9.22. The molecule has 1 aromatic carbocycles. The summed E-state index contributed by atoms with van der Waals surface area (Å²) in [6, 6.07) is 7.01. The maximum Gasteiger partial charge on any atom is 0.332 e. The highest BCUT2D eigenvalue weighted by atomic mass is 16.5. The molecule has 156 valence electrons. The third kappa shape index (κ3) is 3.97. The molecule has 0 fully saturated rings. The molecule has 0 radical (unpaired) electrons. The van der Waals surface area contributed by atoms with Crippen LogP contribution in [0.3, 0.4) is 0 Å². The summed E-state index contributed by atoms with van der Waals surface area (Å²) < 4.78 is 14.7. The van der Waals surface area contributed by atoms with Gasteiger partial charge in [0.25, 0.3) is 5.56 Å². The number of aliphatic hydroxyl groups excluding tert-OH is 1. The van der Waals surface area contributed by atoms with Crippen LogP contribution in [0, 0.1) is 0 Å². The second-order valence-electron chi connectivity index (χ2n) is 6.59. The molecule has 3 aromatic rings. The van der Waals surface area contributed by atoms with Gasteiger partial charge in [-0.05, 0) is 31.2 Å². The van der Waals surface area contributed by atoms with Crippen molar-refractivity contribution in [1.29, 1.82) is 0 Å². The van der Waals surface area contributed by atoms with Crippen LogP contribution >= 0.6 is 0 Å². The largest absolute Gasteiger partial charge is 0.497 e. The minimum absolute atomic E-state index is 0.0175. The fourth-order valence-corrected chi connectivity index (χ4v) is 3.05. The fraction of sp³-hybridized carbons (Fsp3) is 0.421. The smallest absolute Gasteiger partial charge is 0.332 e. The molecule has 29 heavy (non-hydrogen) atoms. The summed E-state index contributed by atoms with van der Waals surface area (Å²) in [5, 5.41) is 13.6. The number of fused-ring (bicyclic) bond motifs is 1. The van der Waals surface area contributed by atoms with Gasteiger partial charge >= 0.3 is 5.69 Å². The van der Waals surface area contributed by atoms with Gasteiger partial charge in [0.05, 0.1) is 13.7 Å². The maximum absolute atomic E-state index is 12.7. The molecule has 3 rings (SSSR count). The highest BCUT2D eigenvalue weighted by Crippen LogP contribution is 2.19. The molecular formula is C19H25N5O5. The number of hydrogen-bond acceptors (Lipinski definition) is 7. The number of aryl methyl sites for hydroxylation is 1. The molecule has 10 nitrogen and oxygen atoms in total. The summed E-state index contributed by atoms with van der Waals surface area (Å²) in [7, 11) is 4.55. The summed E-state index contributed by atoms with van der Waals surface area (Å²) in [6.07, 6.45) is -0.908. The zero-order chi connectivity index (χ0) is 21.1. The molecule has 0 aliphatic carbocycles. The maximum atomic E-state index is 12.7. The average molecular weight is 403 g/mol. The Kier molecular flexibility index (Phi) is 5.92. The number of aromatic nitrogens is 4. The van der Waals surface area contributed by atoms with Gasteiger partial charge in [-0.3, -0.25) is 13.9 Å². The van der Waals surface area contributed by atoms with Gasteiger partial charge in [0.15, 0.2) is 11.2 Å². The quantitative estimate of drug-likeness (QED) is 0.557. The molecule has 0 unspecified atom stereocenters. The first-order valence-corrected chi connectivity index (χ1v) is 9.22. The molecule has 0 bridgehead atoms. The minimum Gasteiger partial charge on any atom is -0.497 e. The number of imidazole rings is 1. The number of anilines is 1. The molecule has 0 saturated carbocycles. The minimum atomic E-state index is -0.908. The molecule has 0 saturated heterocycles. The Labute approximate surface area is 166 Å². The second kappa shape index (κ2) is 8.39. The van der Waals surface area contributed by atoms with Crippen LogP contribution in [-0.2, 0) is 20.6 Å². The van der Waals surface area contributed by atoms with Crippen molar-refractivity contribution >= 4 is 17.1 Å². The third-order valence-corrected chi connectivity index (χ3v) is 4.58.